The predicted molar refractivity (Wildman–Crippen MR) is 186 cm³/mol. The van der Waals surface area contributed by atoms with Gasteiger partial charge in [0.1, 0.15) is 17.6 Å². The fourth-order valence-corrected chi connectivity index (χ4v) is 5.15. The van der Waals surface area contributed by atoms with Crippen molar-refractivity contribution < 1.29 is 29.3 Å². The lowest BCUT2D eigenvalue weighted by molar-refractivity contribution is -0.154. The number of hydrogen-bond acceptors (Lipinski definition) is 6. The molecule has 3 aromatic rings. The van der Waals surface area contributed by atoms with Crippen molar-refractivity contribution in [2.24, 2.45) is 5.92 Å². The number of esters is 1. The zero-order chi connectivity index (χ0) is 33.1. The molecule has 0 aliphatic heterocycles. The second-order valence-corrected chi connectivity index (χ2v) is 12.0. The highest BCUT2D eigenvalue weighted by Gasteiger charge is 2.20. The number of benzene rings is 3. The molecular formula is C40H52O6. The third-order valence-electron chi connectivity index (χ3n) is 8.37. The van der Waals surface area contributed by atoms with Crippen molar-refractivity contribution in [3.05, 3.63) is 95.6 Å². The minimum absolute atomic E-state index is 0.000316. The molecule has 0 aromatic heterocycles. The SMILES string of the molecule is CCCCCCCCCCOc1ccc(-c2ccc(/C(O)=C/C(=O)c3ccc(C(CCCO)OC(=O)C(C)CC)cc3)cc2)cc1. The Bertz CT molecular complexity index is 1340. The summed E-state index contributed by atoms with van der Waals surface area (Å²) >= 11 is 0. The van der Waals surface area contributed by atoms with Crippen molar-refractivity contribution >= 4 is 17.5 Å². The summed E-state index contributed by atoms with van der Waals surface area (Å²) in [7, 11) is 0. The van der Waals surface area contributed by atoms with Crippen LogP contribution in [0.3, 0.4) is 0 Å². The number of unbranched alkanes of at least 4 members (excludes halogenated alkanes) is 7. The molecular weight excluding hydrogens is 576 g/mol. The molecule has 0 aliphatic carbocycles. The highest BCUT2D eigenvalue weighted by atomic mass is 16.5. The lowest BCUT2D eigenvalue weighted by Crippen LogP contribution is -2.18. The largest absolute Gasteiger partial charge is 0.507 e. The Hall–Kier alpha value is -3.90. The molecule has 0 saturated heterocycles. The minimum atomic E-state index is -0.497. The van der Waals surface area contributed by atoms with Crippen LogP contribution in [-0.2, 0) is 9.53 Å². The van der Waals surface area contributed by atoms with Gasteiger partial charge in [-0.3, -0.25) is 9.59 Å². The number of carbonyl (C=O) groups is 2. The van der Waals surface area contributed by atoms with Crippen LogP contribution in [0.4, 0.5) is 0 Å². The summed E-state index contributed by atoms with van der Waals surface area (Å²) < 4.78 is 11.6. The van der Waals surface area contributed by atoms with E-state index in [1.54, 1.807) is 36.4 Å². The summed E-state index contributed by atoms with van der Waals surface area (Å²) in [6, 6.07) is 22.3. The van der Waals surface area contributed by atoms with Gasteiger partial charge in [-0.1, -0.05) is 126 Å². The van der Waals surface area contributed by atoms with Gasteiger partial charge in [-0.25, -0.2) is 0 Å². The van der Waals surface area contributed by atoms with E-state index in [9.17, 15) is 19.8 Å². The highest BCUT2D eigenvalue weighted by molar-refractivity contribution is 6.07. The molecule has 0 heterocycles. The lowest BCUT2D eigenvalue weighted by atomic mass is 10.00. The van der Waals surface area contributed by atoms with Gasteiger partial charge in [-0.2, -0.15) is 0 Å². The van der Waals surface area contributed by atoms with Crippen molar-refractivity contribution in [1.29, 1.82) is 0 Å². The third kappa shape index (κ3) is 12.1. The number of carbonyl (C=O) groups excluding carboxylic acids is 2. The maximum atomic E-state index is 12.9. The number of hydrogen-bond donors (Lipinski definition) is 2. The summed E-state index contributed by atoms with van der Waals surface area (Å²) in [5.41, 5.74) is 3.75. The molecule has 0 aliphatic rings. The van der Waals surface area contributed by atoms with Crippen molar-refractivity contribution in [1.82, 2.24) is 0 Å². The van der Waals surface area contributed by atoms with Crippen LogP contribution in [0.2, 0.25) is 0 Å². The average molecular weight is 629 g/mol. The molecule has 0 bridgehead atoms. The number of aliphatic hydroxyl groups excluding tert-OH is 2. The molecule has 46 heavy (non-hydrogen) atoms. The Morgan fingerprint density at radius 3 is 1.89 bits per heavy atom. The van der Waals surface area contributed by atoms with Gasteiger partial charge in [-0.05, 0) is 54.5 Å². The molecule has 3 rings (SSSR count). The van der Waals surface area contributed by atoms with Crippen LogP contribution >= 0.6 is 0 Å². The highest BCUT2D eigenvalue weighted by Crippen LogP contribution is 2.27. The second-order valence-electron chi connectivity index (χ2n) is 12.0. The van der Waals surface area contributed by atoms with Crippen molar-refractivity contribution in [2.45, 2.75) is 97.5 Å². The molecule has 0 amide bonds. The molecule has 0 spiro atoms. The first-order valence-corrected chi connectivity index (χ1v) is 17.1. The Balaban J connectivity index is 1.53. The first-order valence-electron chi connectivity index (χ1n) is 17.1. The monoisotopic (exact) mass is 628 g/mol. The van der Waals surface area contributed by atoms with E-state index >= 15 is 0 Å². The summed E-state index contributed by atoms with van der Waals surface area (Å²) in [6.07, 6.45) is 12.6. The Labute approximate surface area is 275 Å². The normalized spacial score (nSPS) is 12.8. The summed E-state index contributed by atoms with van der Waals surface area (Å²) in [5.74, 6) is -0.0788. The van der Waals surface area contributed by atoms with Crippen LogP contribution in [0.15, 0.2) is 78.9 Å². The molecule has 2 unspecified atom stereocenters. The van der Waals surface area contributed by atoms with Crippen LogP contribution in [0.5, 0.6) is 5.75 Å². The van der Waals surface area contributed by atoms with E-state index in [1.807, 2.05) is 50.2 Å². The minimum Gasteiger partial charge on any atom is -0.507 e. The maximum absolute atomic E-state index is 12.9. The molecule has 0 saturated carbocycles. The first kappa shape index (κ1) is 36.6. The van der Waals surface area contributed by atoms with E-state index < -0.39 is 6.10 Å². The predicted octanol–water partition coefficient (Wildman–Crippen LogP) is 10.1. The van der Waals surface area contributed by atoms with E-state index in [4.69, 9.17) is 9.47 Å². The van der Waals surface area contributed by atoms with E-state index in [0.29, 0.717) is 30.4 Å². The van der Waals surface area contributed by atoms with E-state index in [-0.39, 0.29) is 30.0 Å². The number of ketones is 1. The van der Waals surface area contributed by atoms with Crippen LogP contribution in [-0.4, -0.2) is 35.2 Å². The quantitative estimate of drug-likeness (QED) is 0.0401. The Morgan fingerprint density at radius 1 is 0.739 bits per heavy atom. The van der Waals surface area contributed by atoms with Gasteiger partial charge in [0.05, 0.1) is 12.5 Å². The molecule has 248 valence electrons. The fourth-order valence-electron chi connectivity index (χ4n) is 5.15. The van der Waals surface area contributed by atoms with E-state index in [2.05, 4.69) is 6.92 Å². The summed E-state index contributed by atoms with van der Waals surface area (Å²) in [5, 5.41) is 20.0. The zero-order valence-electron chi connectivity index (χ0n) is 27.9. The van der Waals surface area contributed by atoms with E-state index in [1.165, 1.54) is 51.0 Å². The Morgan fingerprint density at radius 2 is 1.30 bits per heavy atom. The van der Waals surface area contributed by atoms with Gasteiger partial charge < -0.3 is 19.7 Å². The van der Waals surface area contributed by atoms with Gasteiger partial charge in [0.15, 0.2) is 5.78 Å². The Kier molecular flexibility index (Phi) is 16.1. The lowest BCUT2D eigenvalue weighted by Gasteiger charge is -2.20. The fraction of sp³-hybridized carbons (Fsp3) is 0.450. The molecule has 2 atom stereocenters. The van der Waals surface area contributed by atoms with Gasteiger partial charge in [-0.15, -0.1) is 0 Å². The van der Waals surface area contributed by atoms with Crippen molar-refractivity contribution in [3.63, 3.8) is 0 Å². The summed E-state index contributed by atoms with van der Waals surface area (Å²) in [6.45, 7) is 6.73. The van der Waals surface area contributed by atoms with Gasteiger partial charge in [0, 0.05) is 23.8 Å². The van der Waals surface area contributed by atoms with Crippen LogP contribution in [0, 0.1) is 5.92 Å². The van der Waals surface area contributed by atoms with Gasteiger partial charge in [0.2, 0.25) is 0 Å². The molecule has 3 aromatic carbocycles. The van der Waals surface area contributed by atoms with Crippen molar-refractivity contribution in [3.8, 4) is 16.9 Å². The zero-order valence-corrected chi connectivity index (χ0v) is 27.9. The molecule has 6 nitrogen and oxygen atoms in total. The third-order valence-corrected chi connectivity index (χ3v) is 8.37. The van der Waals surface area contributed by atoms with E-state index in [0.717, 1.165) is 35.5 Å². The molecule has 6 heteroatoms. The standard InChI is InChI=1S/C40H52O6/c1-4-6-7-8-9-10-11-12-28-45-36-25-23-32(24-26-36)31-15-17-33(18-16-31)37(42)29-38(43)34-19-21-35(22-20-34)39(14-13-27-41)46-40(44)30(3)5-2/h15-26,29-30,39,41-42H,4-14,27-28H2,1-3H3/b37-29-. The average Bonchev–Trinajstić information content (AvgIpc) is 3.09. The number of allylic oxidation sites excluding steroid dienone is 1. The van der Waals surface area contributed by atoms with Crippen molar-refractivity contribution in [2.75, 3.05) is 13.2 Å². The smallest absolute Gasteiger partial charge is 0.309 e. The number of ether oxygens (including phenoxy) is 2. The second kappa shape index (κ2) is 20.3. The van der Waals surface area contributed by atoms with Gasteiger partial charge >= 0.3 is 5.97 Å². The molecule has 0 fully saturated rings. The topological polar surface area (TPSA) is 93.1 Å². The maximum Gasteiger partial charge on any atom is 0.309 e. The summed E-state index contributed by atoms with van der Waals surface area (Å²) in [4.78, 5) is 25.3. The molecule has 0 radical (unpaired) electrons. The first-order chi connectivity index (χ1) is 22.4. The van der Waals surface area contributed by atoms with Crippen LogP contribution in [0.1, 0.15) is 119 Å². The number of rotatable bonds is 21. The number of aliphatic hydroxyl groups is 2. The van der Waals surface area contributed by atoms with Gasteiger partial charge in [0.25, 0.3) is 0 Å². The van der Waals surface area contributed by atoms with Crippen LogP contribution < -0.4 is 4.74 Å². The van der Waals surface area contributed by atoms with Crippen LogP contribution in [0.25, 0.3) is 16.9 Å². The molecule has 2 N–H and O–H groups in total.